The van der Waals surface area contributed by atoms with Gasteiger partial charge in [0.1, 0.15) is 16.8 Å². The van der Waals surface area contributed by atoms with Gasteiger partial charge in [0, 0.05) is 11.3 Å². The first-order chi connectivity index (χ1) is 21.9. The standard InChI is InChI=1S/C41H42O4/c1-31-26-37(42)41-36(24-15-25-38(41,2)29-39(31,45-41)30-43-27-32-16-7-3-8-17-32)28-44-40(33-18-9-4-10-19-33,34-20-11-5-12-21-34)35-22-13-6-14-23-35/h3-14,16-23,26,36H,15,24-25,27-30H2,1-2H3/t36-,38+,39+,41-/m1/s1. The second-order valence-electron chi connectivity index (χ2n) is 13.4. The van der Waals surface area contributed by atoms with Crippen molar-refractivity contribution >= 4 is 5.78 Å². The van der Waals surface area contributed by atoms with Gasteiger partial charge in [0.15, 0.2) is 5.78 Å². The molecular formula is C41H42O4. The third kappa shape index (κ3) is 4.91. The predicted molar refractivity (Wildman–Crippen MR) is 177 cm³/mol. The molecule has 4 aromatic carbocycles. The summed E-state index contributed by atoms with van der Waals surface area (Å²) in [5.74, 6) is -0.0312. The van der Waals surface area contributed by atoms with E-state index >= 15 is 0 Å². The summed E-state index contributed by atoms with van der Waals surface area (Å²) < 4.78 is 20.9. The number of carbonyl (C=O) groups excluding carboxylic acids is 1. The lowest BCUT2D eigenvalue weighted by atomic mass is 9.57. The zero-order chi connectivity index (χ0) is 31.0. The summed E-state index contributed by atoms with van der Waals surface area (Å²) in [6, 6.07) is 41.6. The Morgan fingerprint density at radius 3 is 1.89 bits per heavy atom. The predicted octanol–water partition coefficient (Wildman–Crippen LogP) is 8.45. The molecule has 0 unspecified atom stereocenters. The lowest BCUT2D eigenvalue weighted by Crippen LogP contribution is -2.61. The quantitative estimate of drug-likeness (QED) is 0.172. The van der Waals surface area contributed by atoms with Crippen LogP contribution in [0.1, 0.15) is 61.8 Å². The van der Waals surface area contributed by atoms with E-state index in [1.807, 2.05) is 49.4 Å². The first-order valence-corrected chi connectivity index (χ1v) is 16.3. The molecular weight excluding hydrogens is 556 g/mol. The molecule has 0 N–H and O–H groups in total. The largest absolute Gasteiger partial charge is 0.373 e. The summed E-state index contributed by atoms with van der Waals surface area (Å²) in [7, 11) is 0. The molecule has 4 aromatic rings. The van der Waals surface area contributed by atoms with Crippen LogP contribution in [0.3, 0.4) is 0 Å². The number of ketones is 1. The number of rotatable bonds is 10. The number of ether oxygens (including phenoxy) is 3. The van der Waals surface area contributed by atoms with Gasteiger partial charge in [0.2, 0.25) is 0 Å². The van der Waals surface area contributed by atoms with Gasteiger partial charge in [-0.25, -0.2) is 0 Å². The Kier molecular flexibility index (Phi) is 7.85. The van der Waals surface area contributed by atoms with Crippen molar-refractivity contribution in [1.29, 1.82) is 0 Å². The Balaban J connectivity index is 1.25. The van der Waals surface area contributed by atoms with E-state index in [2.05, 4.69) is 91.9 Å². The summed E-state index contributed by atoms with van der Waals surface area (Å²) in [4.78, 5) is 14.3. The van der Waals surface area contributed by atoms with E-state index < -0.39 is 16.8 Å². The molecule has 2 aliphatic heterocycles. The molecule has 45 heavy (non-hydrogen) atoms. The van der Waals surface area contributed by atoms with Crippen LogP contribution in [0, 0.1) is 11.3 Å². The van der Waals surface area contributed by atoms with Gasteiger partial charge in [-0.15, -0.1) is 0 Å². The molecule has 0 aromatic heterocycles. The molecule has 1 saturated carbocycles. The van der Waals surface area contributed by atoms with Gasteiger partial charge >= 0.3 is 0 Å². The zero-order valence-electron chi connectivity index (χ0n) is 26.3. The van der Waals surface area contributed by atoms with E-state index in [0.29, 0.717) is 19.8 Å². The molecule has 4 nitrogen and oxygen atoms in total. The fourth-order valence-electron chi connectivity index (χ4n) is 8.52. The fraction of sp³-hybridized carbons (Fsp3) is 0.341. The highest BCUT2D eigenvalue weighted by molar-refractivity contribution is 6.00. The third-order valence-corrected chi connectivity index (χ3v) is 10.7. The maximum absolute atomic E-state index is 14.3. The molecule has 2 bridgehead atoms. The van der Waals surface area contributed by atoms with Crippen LogP contribution in [0.15, 0.2) is 133 Å². The molecule has 1 aliphatic carbocycles. The van der Waals surface area contributed by atoms with Crippen LogP contribution >= 0.6 is 0 Å². The van der Waals surface area contributed by atoms with Crippen molar-refractivity contribution in [2.45, 2.75) is 62.9 Å². The Hall–Kier alpha value is -3.83. The van der Waals surface area contributed by atoms with Crippen LogP contribution in [0.5, 0.6) is 0 Å². The summed E-state index contributed by atoms with van der Waals surface area (Å²) in [6.07, 6.45) is 5.46. The lowest BCUT2D eigenvalue weighted by Gasteiger charge is -2.51. The van der Waals surface area contributed by atoms with Crippen LogP contribution in [-0.4, -0.2) is 30.2 Å². The van der Waals surface area contributed by atoms with E-state index in [1.165, 1.54) is 0 Å². The third-order valence-electron chi connectivity index (χ3n) is 10.7. The van der Waals surface area contributed by atoms with E-state index in [-0.39, 0.29) is 17.1 Å². The number of hydrogen-bond acceptors (Lipinski definition) is 4. The normalized spacial score (nSPS) is 27.6. The van der Waals surface area contributed by atoms with Gasteiger partial charge in [-0.1, -0.05) is 135 Å². The van der Waals surface area contributed by atoms with E-state index in [4.69, 9.17) is 14.2 Å². The zero-order valence-corrected chi connectivity index (χ0v) is 26.3. The fourth-order valence-corrected chi connectivity index (χ4v) is 8.52. The van der Waals surface area contributed by atoms with E-state index in [1.54, 1.807) is 0 Å². The Bertz CT molecular complexity index is 1550. The summed E-state index contributed by atoms with van der Waals surface area (Å²) >= 11 is 0. The number of fused-ring (bicyclic) bond motifs is 1. The summed E-state index contributed by atoms with van der Waals surface area (Å²) in [5, 5.41) is 0. The highest BCUT2D eigenvalue weighted by Crippen LogP contribution is 2.64. The topological polar surface area (TPSA) is 44.8 Å². The second kappa shape index (κ2) is 11.8. The number of hydrogen-bond donors (Lipinski definition) is 0. The maximum Gasteiger partial charge on any atom is 0.188 e. The summed E-state index contributed by atoms with van der Waals surface area (Å²) in [5.41, 5.74) is 2.49. The molecule has 0 radical (unpaired) electrons. The van der Waals surface area contributed by atoms with Gasteiger partial charge in [0.05, 0.1) is 19.8 Å². The maximum atomic E-state index is 14.3. The molecule has 1 spiro atoms. The minimum Gasteiger partial charge on any atom is -0.373 e. The van der Waals surface area contributed by atoms with Gasteiger partial charge in [-0.3, -0.25) is 4.79 Å². The summed E-state index contributed by atoms with van der Waals surface area (Å²) in [6.45, 7) is 5.62. The van der Waals surface area contributed by atoms with Crippen molar-refractivity contribution in [2.24, 2.45) is 11.3 Å². The SMILES string of the molecule is CC1=CC(=O)[C@@]23O[C@]1(COCc1ccccc1)C[C@]2(C)CCC[C@@H]3COC(c1ccccc1)(c1ccccc1)c1ccccc1. The average molecular weight is 599 g/mol. The van der Waals surface area contributed by atoms with Crippen LogP contribution < -0.4 is 0 Å². The van der Waals surface area contributed by atoms with Crippen molar-refractivity contribution in [2.75, 3.05) is 13.2 Å². The number of benzene rings is 4. The molecule has 4 atom stereocenters. The Morgan fingerprint density at radius 1 is 0.800 bits per heavy atom. The monoisotopic (exact) mass is 598 g/mol. The van der Waals surface area contributed by atoms with Gasteiger partial charge in [0.25, 0.3) is 0 Å². The molecule has 7 rings (SSSR count). The van der Waals surface area contributed by atoms with E-state index in [0.717, 1.165) is 53.5 Å². The minimum absolute atomic E-state index is 0.0803. The molecule has 2 heterocycles. The van der Waals surface area contributed by atoms with Crippen molar-refractivity contribution in [1.82, 2.24) is 0 Å². The highest BCUT2D eigenvalue weighted by atomic mass is 16.6. The van der Waals surface area contributed by atoms with Gasteiger partial charge in [-0.05, 0) is 60.1 Å². The van der Waals surface area contributed by atoms with Crippen molar-refractivity contribution in [3.8, 4) is 0 Å². The Morgan fingerprint density at radius 2 is 1.33 bits per heavy atom. The van der Waals surface area contributed by atoms with Crippen LogP contribution in [0.25, 0.3) is 0 Å². The second-order valence-corrected chi connectivity index (χ2v) is 13.4. The highest BCUT2D eigenvalue weighted by Gasteiger charge is 2.71. The first-order valence-electron chi connectivity index (χ1n) is 16.3. The van der Waals surface area contributed by atoms with Crippen LogP contribution in [0.4, 0.5) is 0 Å². The van der Waals surface area contributed by atoms with Gasteiger partial charge < -0.3 is 14.2 Å². The van der Waals surface area contributed by atoms with Crippen LogP contribution in [-0.2, 0) is 31.2 Å². The minimum atomic E-state index is -0.962. The molecule has 4 heteroatoms. The number of carbonyl (C=O) groups is 1. The first kappa shape index (κ1) is 29.9. The van der Waals surface area contributed by atoms with Crippen LogP contribution in [0.2, 0.25) is 0 Å². The molecule has 3 aliphatic rings. The van der Waals surface area contributed by atoms with E-state index in [9.17, 15) is 4.79 Å². The Labute approximate surface area is 267 Å². The molecule has 2 fully saturated rings. The smallest absolute Gasteiger partial charge is 0.188 e. The molecule has 230 valence electrons. The van der Waals surface area contributed by atoms with Gasteiger partial charge in [-0.2, -0.15) is 0 Å². The van der Waals surface area contributed by atoms with Crippen molar-refractivity contribution in [3.63, 3.8) is 0 Å². The lowest BCUT2D eigenvalue weighted by molar-refractivity contribution is -0.199. The average Bonchev–Trinajstić information content (AvgIpc) is 3.34. The molecule has 0 amide bonds. The molecule has 1 saturated heterocycles. The van der Waals surface area contributed by atoms with Crippen molar-refractivity contribution < 1.29 is 19.0 Å². The van der Waals surface area contributed by atoms with Crippen molar-refractivity contribution in [3.05, 3.63) is 155 Å².